The van der Waals surface area contributed by atoms with Crippen LogP contribution in [0.4, 0.5) is 13.2 Å². The number of benzene rings is 2. The number of nitrogens with one attached hydrogen (secondary N) is 2. The molecule has 2 aromatic carbocycles. The molecule has 7 nitrogen and oxygen atoms in total. The zero-order valence-corrected chi connectivity index (χ0v) is 23.6. The monoisotopic (exact) mass is 615 g/mol. The fraction of sp³-hybridized carbons (Fsp3) is 0.267. The van der Waals surface area contributed by atoms with E-state index in [1.54, 1.807) is 24.4 Å². The molecule has 2 aliphatic rings. The van der Waals surface area contributed by atoms with Gasteiger partial charge in [0.25, 0.3) is 0 Å². The van der Waals surface area contributed by atoms with Crippen molar-refractivity contribution in [3.05, 3.63) is 83.8 Å². The summed E-state index contributed by atoms with van der Waals surface area (Å²) in [5, 5.41) is 16.2. The summed E-state index contributed by atoms with van der Waals surface area (Å²) in [4.78, 5) is 12.1. The van der Waals surface area contributed by atoms with Crippen molar-refractivity contribution in [2.45, 2.75) is 30.3 Å². The predicted molar refractivity (Wildman–Crippen MR) is 153 cm³/mol. The van der Waals surface area contributed by atoms with Crippen molar-refractivity contribution in [3.63, 3.8) is 0 Å². The summed E-state index contributed by atoms with van der Waals surface area (Å²) in [6.07, 6.45) is 3.10. The number of fused-ring (bicyclic) bond motifs is 1. The first-order valence-electron chi connectivity index (χ1n) is 13.0. The number of hydrogen-bond acceptors (Lipinski definition) is 6. The van der Waals surface area contributed by atoms with E-state index in [4.69, 9.17) is 21.6 Å². The Morgan fingerprint density at radius 1 is 1.14 bits per heavy atom. The van der Waals surface area contributed by atoms with E-state index < -0.39 is 33.4 Å². The third-order valence-electron chi connectivity index (χ3n) is 7.71. The van der Waals surface area contributed by atoms with E-state index in [9.17, 15) is 26.4 Å². The van der Waals surface area contributed by atoms with Gasteiger partial charge < -0.3 is 14.5 Å². The minimum absolute atomic E-state index is 0.0425. The molecule has 2 aliphatic carbocycles. The molecule has 2 N–H and O–H groups in total. The number of allylic oxidation sites excluding steroid dienone is 5. The van der Waals surface area contributed by atoms with Crippen molar-refractivity contribution in [2.75, 3.05) is 5.75 Å². The van der Waals surface area contributed by atoms with Crippen LogP contribution in [-0.4, -0.2) is 42.5 Å². The molecule has 0 saturated heterocycles. The van der Waals surface area contributed by atoms with Gasteiger partial charge in [-0.15, -0.1) is 5.73 Å². The van der Waals surface area contributed by atoms with Crippen molar-refractivity contribution in [2.24, 2.45) is 17.8 Å². The normalized spacial score (nSPS) is 21.0. The van der Waals surface area contributed by atoms with Crippen LogP contribution in [0.3, 0.4) is 0 Å². The number of halogens is 4. The number of aromatic amines is 1. The van der Waals surface area contributed by atoms with Gasteiger partial charge in [-0.05, 0) is 78.8 Å². The highest BCUT2D eigenvalue weighted by Gasteiger charge is 2.36. The van der Waals surface area contributed by atoms with Gasteiger partial charge in [0.1, 0.15) is 23.7 Å². The van der Waals surface area contributed by atoms with Crippen LogP contribution in [0.5, 0.6) is 5.75 Å². The minimum atomic E-state index is -4.54. The summed E-state index contributed by atoms with van der Waals surface area (Å²) >= 11 is 5.60. The fourth-order valence-electron chi connectivity index (χ4n) is 5.53. The first-order valence-corrected chi connectivity index (χ1v) is 15.0. The number of nitrogens with zero attached hydrogens (tertiary/aromatic N) is 1. The number of hydrogen-bond donors (Lipinski definition) is 2. The zero-order chi connectivity index (χ0) is 30.1. The molecule has 3 aromatic rings. The molecule has 1 fully saturated rings. The van der Waals surface area contributed by atoms with Crippen molar-refractivity contribution in [1.82, 2.24) is 10.2 Å². The average Bonchev–Trinajstić information content (AvgIpc) is 3.30. The molecule has 0 radical (unpaired) electrons. The molecule has 0 bridgehead atoms. The maximum atomic E-state index is 13.3. The van der Waals surface area contributed by atoms with E-state index in [1.165, 1.54) is 24.3 Å². The van der Waals surface area contributed by atoms with Crippen LogP contribution in [0.1, 0.15) is 19.3 Å². The molecule has 12 heteroatoms. The van der Waals surface area contributed by atoms with Crippen LogP contribution in [0.2, 0.25) is 0 Å². The Morgan fingerprint density at radius 3 is 2.60 bits per heavy atom. The molecule has 0 aliphatic heterocycles. The maximum absolute atomic E-state index is 13.3. The first-order chi connectivity index (χ1) is 20.0. The lowest BCUT2D eigenvalue weighted by Crippen LogP contribution is -2.34. The molecule has 0 amide bonds. The molecule has 1 aromatic heterocycles. The van der Waals surface area contributed by atoms with Crippen LogP contribution in [0, 0.1) is 23.2 Å². The van der Waals surface area contributed by atoms with Crippen LogP contribution in [0.15, 0.2) is 88.7 Å². The first kappa shape index (κ1) is 29.6. The lowest BCUT2D eigenvalue weighted by atomic mass is 9.72. The van der Waals surface area contributed by atoms with Crippen LogP contribution < -0.4 is 4.29 Å². The fourth-order valence-corrected chi connectivity index (χ4v) is 7.31. The second-order valence-electron chi connectivity index (χ2n) is 10.4. The standard InChI is InChI=1S/C30H25ClF3N3O4S/c31-41-27-14-21(13-22-15-36-37-29(22)27)19-6-9-25(10-7-19)42(39,40)17-18-4-11-26(23(12-18)16-38)28(35)20-2-1-3-24(8-5-20)30(32,33)34/h2-3,5-10,13-16,18,23,26,35H,4,11-12,17H2,(H,36,37)/t18?,23-,26-/m1/s1. The van der Waals surface area contributed by atoms with Gasteiger partial charge in [-0.1, -0.05) is 18.2 Å². The second kappa shape index (κ2) is 11.8. The number of rotatable bonds is 8. The van der Waals surface area contributed by atoms with E-state index in [1.807, 2.05) is 6.07 Å². The molecule has 1 saturated carbocycles. The van der Waals surface area contributed by atoms with Gasteiger partial charge in [0.05, 0.1) is 22.4 Å². The predicted octanol–water partition coefficient (Wildman–Crippen LogP) is 6.93. The Bertz CT molecular complexity index is 1770. The summed E-state index contributed by atoms with van der Waals surface area (Å²) in [7, 11) is -3.69. The van der Waals surface area contributed by atoms with E-state index in [-0.39, 0.29) is 34.3 Å². The SMILES string of the molecule is N=C(C1=CC=C(C(F)(F)F)C=C=C1)[C@@H]1CCC(CS(=O)(=O)c2ccc(-c3cc(OCl)c4[nH]ncc4c3)cc2)C[C@@H]1C=O. The highest BCUT2D eigenvalue weighted by molar-refractivity contribution is 7.91. The van der Waals surface area contributed by atoms with Crippen molar-refractivity contribution in [3.8, 4) is 16.9 Å². The highest BCUT2D eigenvalue weighted by Crippen LogP contribution is 2.38. The number of alkyl halides is 3. The Hall–Kier alpha value is -3.92. The number of carbonyl (C=O) groups is 1. The Labute approximate surface area is 245 Å². The van der Waals surface area contributed by atoms with Crippen molar-refractivity contribution in [1.29, 1.82) is 5.41 Å². The molecule has 0 spiro atoms. The van der Waals surface area contributed by atoms with Gasteiger partial charge >= 0.3 is 6.18 Å². The summed E-state index contributed by atoms with van der Waals surface area (Å²) in [6, 6.07) is 10.0. The molecule has 42 heavy (non-hydrogen) atoms. The van der Waals surface area contributed by atoms with E-state index in [0.717, 1.165) is 35.0 Å². The summed E-state index contributed by atoms with van der Waals surface area (Å²) in [5.41, 5.74) is 4.01. The molecule has 5 rings (SSSR count). The smallest absolute Gasteiger partial charge is 0.383 e. The molecule has 1 heterocycles. The maximum Gasteiger partial charge on any atom is 0.417 e. The minimum Gasteiger partial charge on any atom is -0.383 e. The Kier molecular flexibility index (Phi) is 8.28. The largest absolute Gasteiger partial charge is 0.417 e. The van der Waals surface area contributed by atoms with Crippen LogP contribution in [-0.2, 0) is 14.6 Å². The number of carbonyl (C=O) groups excluding carboxylic acids is 1. The number of sulfone groups is 1. The van der Waals surface area contributed by atoms with Crippen molar-refractivity contribution < 1.29 is 30.7 Å². The summed E-state index contributed by atoms with van der Waals surface area (Å²) in [5.74, 6) is -1.24. The molecule has 1 unspecified atom stereocenters. The number of H-pyrrole nitrogens is 1. The van der Waals surface area contributed by atoms with Gasteiger partial charge in [0.15, 0.2) is 15.6 Å². The number of aldehydes is 1. The summed E-state index contributed by atoms with van der Waals surface area (Å²) < 4.78 is 70.6. The average molecular weight is 616 g/mol. The Balaban J connectivity index is 1.27. The quantitative estimate of drug-likeness (QED) is 0.162. The van der Waals surface area contributed by atoms with Gasteiger partial charge in [-0.3, -0.25) is 5.10 Å². The lowest BCUT2D eigenvalue weighted by Gasteiger charge is -2.33. The Morgan fingerprint density at radius 2 is 1.90 bits per heavy atom. The second-order valence-corrected chi connectivity index (χ2v) is 12.6. The highest BCUT2D eigenvalue weighted by atomic mass is 35.5. The van der Waals surface area contributed by atoms with E-state index in [2.05, 4.69) is 15.9 Å². The zero-order valence-electron chi connectivity index (χ0n) is 22.0. The van der Waals surface area contributed by atoms with E-state index >= 15 is 0 Å². The summed E-state index contributed by atoms with van der Waals surface area (Å²) in [6.45, 7) is 0. The number of aromatic nitrogens is 2. The van der Waals surface area contributed by atoms with Gasteiger partial charge in [0.2, 0.25) is 0 Å². The molecular weight excluding hydrogens is 591 g/mol. The van der Waals surface area contributed by atoms with Crippen LogP contribution >= 0.6 is 11.9 Å². The van der Waals surface area contributed by atoms with Crippen LogP contribution in [0.25, 0.3) is 22.0 Å². The van der Waals surface area contributed by atoms with Gasteiger partial charge in [0, 0.05) is 28.5 Å². The van der Waals surface area contributed by atoms with E-state index in [0.29, 0.717) is 24.1 Å². The van der Waals surface area contributed by atoms with Gasteiger partial charge in [-0.25, -0.2) is 8.42 Å². The molecule has 3 atom stereocenters. The molecular formula is C30H25ClF3N3O4S. The van der Waals surface area contributed by atoms with Gasteiger partial charge in [-0.2, -0.15) is 18.3 Å². The third kappa shape index (κ3) is 6.13. The third-order valence-corrected chi connectivity index (χ3v) is 9.78. The van der Waals surface area contributed by atoms with Crippen molar-refractivity contribution >= 4 is 44.6 Å². The molecule has 218 valence electrons. The lowest BCUT2D eigenvalue weighted by molar-refractivity contribution is -0.113. The topological polar surface area (TPSA) is 113 Å².